The van der Waals surface area contributed by atoms with Gasteiger partial charge in [-0.3, -0.25) is 4.79 Å². The zero-order chi connectivity index (χ0) is 17.5. The molecule has 1 aromatic rings. The van der Waals surface area contributed by atoms with Crippen molar-refractivity contribution < 1.29 is 9.53 Å². The molecule has 3 rings (SSSR count). The fourth-order valence-corrected chi connectivity index (χ4v) is 4.11. The molecule has 2 aliphatic rings. The Morgan fingerprint density at radius 2 is 1.73 bits per heavy atom. The minimum absolute atomic E-state index is 0. The Morgan fingerprint density at radius 1 is 1.04 bits per heavy atom. The minimum atomic E-state index is 0. The number of halogens is 1. The highest BCUT2D eigenvalue weighted by atomic mass is 35.5. The third-order valence-corrected chi connectivity index (χ3v) is 5.53. The number of piperidine rings is 2. The van der Waals surface area contributed by atoms with Crippen LogP contribution < -0.4 is 4.74 Å². The molecule has 4 nitrogen and oxygen atoms in total. The fourth-order valence-electron chi connectivity index (χ4n) is 4.11. The van der Waals surface area contributed by atoms with E-state index in [0.717, 1.165) is 43.7 Å². The van der Waals surface area contributed by atoms with E-state index in [-0.39, 0.29) is 18.3 Å². The van der Waals surface area contributed by atoms with Crippen molar-refractivity contribution >= 4 is 18.3 Å². The number of carbonyl (C=O) groups excluding carboxylic acids is 1. The molecule has 0 aliphatic carbocycles. The second-order valence-corrected chi connectivity index (χ2v) is 7.30. The maximum absolute atomic E-state index is 13.0. The summed E-state index contributed by atoms with van der Waals surface area (Å²) in [6.07, 6.45) is 8.68. The van der Waals surface area contributed by atoms with Gasteiger partial charge in [-0.15, -0.1) is 12.4 Å². The third-order valence-electron chi connectivity index (χ3n) is 5.53. The molecule has 2 aliphatic heterocycles. The first-order valence-electron chi connectivity index (χ1n) is 10.0. The maximum atomic E-state index is 13.0. The Labute approximate surface area is 164 Å². The number of benzene rings is 1. The number of amides is 1. The molecule has 2 saturated heterocycles. The van der Waals surface area contributed by atoms with Gasteiger partial charge in [-0.05, 0) is 82.8 Å². The lowest BCUT2D eigenvalue weighted by Crippen LogP contribution is -2.45. The maximum Gasteiger partial charge on any atom is 0.254 e. The van der Waals surface area contributed by atoms with Crippen molar-refractivity contribution in [3.8, 4) is 5.75 Å². The quantitative estimate of drug-likeness (QED) is 0.734. The molecule has 0 aromatic heterocycles. The molecule has 0 radical (unpaired) electrons. The van der Waals surface area contributed by atoms with E-state index in [9.17, 15) is 4.79 Å². The summed E-state index contributed by atoms with van der Waals surface area (Å²) in [5.74, 6) is 1.02. The topological polar surface area (TPSA) is 32.8 Å². The monoisotopic (exact) mass is 380 g/mol. The number of hydrogen-bond donors (Lipinski definition) is 0. The van der Waals surface area contributed by atoms with Gasteiger partial charge in [0, 0.05) is 24.7 Å². The molecule has 1 atom stereocenters. The largest absolute Gasteiger partial charge is 0.494 e. The molecule has 5 heteroatoms. The lowest BCUT2D eigenvalue weighted by Gasteiger charge is -2.37. The summed E-state index contributed by atoms with van der Waals surface area (Å²) in [5, 5.41) is 0. The van der Waals surface area contributed by atoms with Gasteiger partial charge in [-0.25, -0.2) is 0 Å². The first-order valence-corrected chi connectivity index (χ1v) is 10.0. The Morgan fingerprint density at radius 3 is 2.42 bits per heavy atom. The van der Waals surface area contributed by atoms with Crippen LogP contribution in [-0.4, -0.2) is 54.5 Å². The molecule has 0 N–H and O–H groups in total. The molecular weight excluding hydrogens is 348 g/mol. The highest BCUT2D eigenvalue weighted by Gasteiger charge is 2.27. The Hall–Kier alpha value is -1.26. The van der Waals surface area contributed by atoms with Gasteiger partial charge in [-0.1, -0.05) is 6.42 Å². The second kappa shape index (κ2) is 10.8. The van der Waals surface area contributed by atoms with Crippen LogP contribution in [-0.2, 0) is 0 Å². The molecular formula is C21H33ClN2O2. The van der Waals surface area contributed by atoms with E-state index >= 15 is 0 Å². The van der Waals surface area contributed by atoms with E-state index < -0.39 is 0 Å². The third kappa shape index (κ3) is 5.62. The first kappa shape index (κ1) is 21.0. The average molecular weight is 381 g/mol. The summed E-state index contributed by atoms with van der Waals surface area (Å²) in [4.78, 5) is 17.7. The second-order valence-electron chi connectivity index (χ2n) is 7.30. The van der Waals surface area contributed by atoms with Crippen molar-refractivity contribution in [1.82, 2.24) is 9.80 Å². The van der Waals surface area contributed by atoms with Crippen molar-refractivity contribution in [3.63, 3.8) is 0 Å². The summed E-state index contributed by atoms with van der Waals surface area (Å²) < 4.78 is 5.48. The van der Waals surface area contributed by atoms with E-state index in [2.05, 4.69) is 9.80 Å². The molecule has 0 saturated carbocycles. The number of nitrogens with zero attached hydrogens (tertiary/aromatic N) is 2. The van der Waals surface area contributed by atoms with Gasteiger partial charge in [0.1, 0.15) is 5.75 Å². The lowest BCUT2D eigenvalue weighted by atomic mass is 9.97. The van der Waals surface area contributed by atoms with Crippen LogP contribution in [0.4, 0.5) is 0 Å². The normalized spacial score (nSPS) is 21.1. The van der Waals surface area contributed by atoms with Gasteiger partial charge >= 0.3 is 0 Å². The summed E-state index contributed by atoms with van der Waals surface area (Å²) in [7, 11) is 0. The highest BCUT2D eigenvalue weighted by Crippen LogP contribution is 2.24. The van der Waals surface area contributed by atoms with Crippen molar-refractivity contribution in [1.29, 1.82) is 0 Å². The fraction of sp³-hybridized carbons (Fsp3) is 0.667. The van der Waals surface area contributed by atoms with E-state index in [1.807, 2.05) is 31.2 Å². The van der Waals surface area contributed by atoms with Crippen molar-refractivity contribution in [2.24, 2.45) is 0 Å². The predicted octanol–water partition coefficient (Wildman–Crippen LogP) is 4.38. The van der Waals surface area contributed by atoms with E-state index in [4.69, 9.17) is 4.74 Å². The molecule has 26 heavy (non-hydrogen) atoms. The van der Waals surface area contributed by atoms with Crippen LogP contribution >= 0.6 is 12.4 Å². The van der Waals surface area contributed by atoms with Crippen LogP contribution in [0.3, 0.4) is 0 Å². The van der Waals surface area contributed by atoms with Crippen LogP contribution in [0.2, 0.25) is 0 Å². The molecule has 1 amide bonds. The summed E-state index contributed by atoms with van der Waals surface area (Å²) in [5.41, 5.74) is 0.785. The zero-order valence-electron chi connectivity index (χ0n) is 16.0. The molecule has 2 heterocycles. The molecule has 1 aromatic carbocycles. The first-order chi connectivity index (χ1) is 12.3. The Balaban J connectivity index is 0.00000243. The van der Waals surface area contributed by atoms with E-state index in [0.29, 0.717) is 12.6 Å². The summed E-state index contributed by atoms with van der Waals surface area (Å²) in [6, 6.07) is 8.02. The molecule has 0 bridgehead atoms. The van der Waals surface area contributed by atoms with Crippen LogP contribution in [0.1, 0.15) is 62.2 Å². The molecule has 0 spiro atoms. The average Bonchev–Trinajstić information content (AvgIpc) is 2.68. The molecule has 1 unspecified atom stereocenters. The summed E-state index contributed by atoms with van der Waals surface area (Å²) in [6.45, 7) is 7.13. The molecule has 146 valence electrons. The van der Waals surface area contributed by atoms with Crippen molar-refractivity contribution in [2.45, 2.75) is 57.9 Å². The SMILES string of the molecule is CCOc1ccc(C(=O)N2CCCCC2CCN2CCCCC2)cc1.Cl. The van der Waals surface area contributed by atoms with Gasteiger partial charge in [0.05, 0.1) is 6.61 Å². The van der Waals surface area contributed by atoms with Crippen LogP contribution in [0.5, 0.6) is 5.75 Å². The smallest absolute Gasteiger partial charge is 0.254 e. The Kier molecular flexibility index (Phi) is 8.73. The Bertz CT molecular complexity index is 543. The van der Waals surface area contributed by atoms with E-state index in [1.54, 1.807) is 0 Å². The zero-order valence-corrected chi connectivity index (χ0v) is 16.8. The lowest BCUT2D eigenvalue weighted by molar-refractivity contribution is 0.0579. The van der Waals surface area contributed by atoms with Gasteiger partial charge in [0.25, 0.3) is 5.91 Å². The molecule has 2 fully saturated rings. The van der Waals surface area contributed by atoms with Crippen LogP contribution in [0.15, 0.2) is 24.3 Å². The minimum Gasteiger partial charge on any atom is -0.494 e. The van der Waals surface area contributed by atoms with Gasteiger partial charge in [0.15, 0.2) is 0 Å². The number of carbonyl (C=O) groups is 1. The van der Waals surface area contributed by atoms with Crippen LogP contribution in [0.25, 0.3) is 0 Å². The van der Waals surface area contributed by atoms with Gasteiger partial charge in [0.2, 0.25) is 0 Å². The summed E-state index contributed by atoms with van der Waals surface area (Å²) >= 11 is 0. The van der Waals surface area contributed by atoms with Crippen molar-refractivity contribution in [2.75, 3.05) is 32.8 Å². The van der Waals surface area contributed by atoms with Gasteiger partial charge < -0.3 is 14.5 Å². The number of likely N-dealkylation sites (tertiary alicyclic amines) is 2. The number of hydrogen-bond acceptors (Lipinski definition) is 3. The highest BCUT2D eigenvalue weighted by molar-refractivity contribution is 5.94. The predicted molar refractivity (Wildman–Crippen MR) is 108 cm³/mol. The number of ether oxygens (including phenoxy) is 1. The number of rotatable bonds is 6. The van der Waals surface area contributed by atoms with Gasteiger partial charge in [-0.2, -0.15) is 0 Å². The van der Waals surface area contributed by atoms with E-state index in [1.165, 1.54) is 38.8 Å². The standard InChI is InChI=1S/C21H32N2O2.ClH/c1-2-25-20-11-9-18(10-12-20)21(24)23-16-7-4-8-19(23)13-17-22-14-5-3-6-15-22;/h9-12,19H,2-8,13-17H2,1H3;1H. The van der Waals surface area contributed by atoms with Crippen LogP contribution in [0, 0.1) is 0 Å². The van der Waals surface area contributed by atoms with Crippen molar-refractivity contribution in [3.05, 3.63) is 29.8 Å².